The van der Waals surface area contributed by atoms with Gasteiger partial charge in [-0.1, -0.05) is 130 Å². The van der Waals surface area contributed by atoms with Crippen LogP contribution in [0.15, 0.2) is 0 Å². The first-order valence-corrected chi connectivity index (χ1v) is 14.9. The maximum absolute atomic E-state index is 11.8. The zero-order valence-electron chi connectivity index (χ0n) is 22.1. The molecule has 6 heteroatoms. The van der Waals surface area contributed by atoms with E-state index in [9.17, 15) is 9.46 Å². The number of phosphoric ester groups is 1. The van der Waals surface area contributed by atoms with Gasteiger partial charge < -0.3 is 13.9 Å². The van der Waals surface area contributed by atoms with Crippen LogP contribution < -0.4 is 4.89 Å². The molecule has 4 nitrogen and oxygen atoms in total. The van der Waals surface area contributed by atoms with E-state index in [2.05, 4.69) is 27.7 Å². The molecule has 0 aromatic carbocycles. The first-order valence-electron chi connectivity index (χ1n) is 13.4. The molecular weight excluding hydrogens is 473 g/mol. The van der Waals surface area contributed by atoms with Crippen molar-refractivity contribution in [1.29, 1.82) is 0 Å². The van der Waals surface area contributed by atoms with Crippen molar-refractivity contribution in [3.8, 4) is 0 Å². The fraction of sp³-hybridized carbons (Fsp3) is 1.00. The summed E-state index contributed by atoms with van der Waals surface area (Å²) in [6.45, 7) is 9.65. The molecule has 0 radical (unpaired) electrons. The van der Waals surface area contributed by atoms with Crippen LogP contribution in [0.25, 0.3) is 0 Å². The Hall–Kier alpha value is 0.733. The minimum atomic E-state index is -4.11. The van der Waals surface area contributed by atoms with Gasteiger partial charge in [-0.3, -0.25) is 4.57 Å². The van der Waals surface area contributed by atoms with Crippen LogP contribution in [0, 0.1) is 11.8 Å². The van der Waals surface area contributed by atoms with Crippen molar-refractivity contribution in [2.45, 2.75) is 143 Å². The summed E-state index contributed by atoms with van der Waals surface area (Å²) in [6.07, 6.45) is 21.8. The van der Waals surface area contributed by atoms with Crippen LogP contribution in [0.1, 0.15) is 143 Å². The van der Waals surface area contributed by atoms with Gasteiger partial charge in [-0.05, 0) is 24.7 Å². The third-order valence-corrected chi connectivity index (χ3v) is 6.85. The maximum atomic E-state index is 11.8. The van der Waals surface area contributed by atoms with Crippen molar-refractivity contribution in [3.05, 3.63) is 0 Å². The van der Waals surface area contributed by atoms with Gasteiger partial charge in [0, 0.05) is 19.5 Å². The molecule has 0 bridgehead atoms. The van der Waals surface area contributed by atoms with Gasteiger partial charge in [-0.15, -0.1) is 0 Å². The molecule has 32 heavy (non-hydrogen) atoms. The Bertz CT molecular complexity index is 385. The van der Waals surface area contributed by atoms with E-state index in [1.54, 1.807) is 0 Å². The minimum Gasteiger partial charge on any atom is -0.756 e. The minimum absolute atomic E-state index is 0. The summed E-state index contributed by atoms with van der Waals surface area (Å²) < 4.78 is 21.8. The fourth-order valence-electron chi connectivity index (χ4n) is 3.82. The Morgan fingerprint density at radius 1 is 0.531 bits per heavy atom. The predicted molar refractivity (Wildman–Crippen MR) is 132 cm³/mol. The van der Waals surface area contributed by atoms with Crippen LogP contribution in [-0.2, 0) is 33.1 Å². The normalized spacial score (nSPS) is 12.0. The van der Waals surface area contributed by atoms with Crippen LogP contribution in [0.3, 0.4) is 0 Å². The van der Waals surface area contributed by atoms with Crippen LogP contribution in [-0.4, -0.2) is 13.2 Å². The van der Waals surface area contributed by atoms with Crippen molar-refractivity contribution in [2.75, 3.05) is 13.2 Å². The predicted octanol–water partition coefficient (Wildman–Crippen LogP) is 8.82. The molecule has 0 amide bonds. The molecule has 190 valence electrons. The number of hydrogen-bond donors (Lipinski definition) is 0. The fourth-order valence-corrected chi connectivity index (χ4v) is 4.60. The van der Waals surface area contributed by atoms with Gasteiger partial charge in [0.1, 0.15) is 0 Å². The molecule has 0 rings (SSSR count). The van der Waals surface area contributed by atoms with Crippen molar-refractivity contribution in [1.82, 2.24) is 0 Å². The van der Waals surface area contributed by atoms with Gasteiger partial charge in [-0.2, -0.15) is 0 Å². The SMILES string of the molecule is CC(C)CCCCCCCCCCOP(=O)([O-])OCCCCCCCCCCC(C)C.[Zn]. The molecule has 0 aliphatic rings. The molecule has 0 aliphatic heterocycles. The topological polar surface area (TPSA) is 58.6 Å². The van der Waals surface area contributed by atoms with E-state index in [1.165, 1.54) is 77.0 Å². The van der Waals surface area contributed by atoms with Gasteiger partial charge in [0.2, 0.25) is 0 Å². The average molecular weight is 527 g/mol. The van der Waals surface area contributed by atoms with Gasteiger partial charge in [0.05, 0.1) is 13.2 Å². The Morgan fingerprint density at radius 3 is 1.06 bits per heavy atom. The third kappa shape index (κ3) is 28.8. The van der Waals surface area contributed by atoms with E-state index in [0.29, 0.717) is 0 Å². The zero-order valence-corrected chi connectivity index (χ0v) is 25.9. The summed E-state index contributed by atoms with van der Waals surface area (Å²) in [4.78, 5) is 11.8. The maximum Gasteiger partial charge on any atom is 0.267 e. The molecule has 0 aromatic rings. The van der Waals surface area contributed by atoms with Crippen LogP contribution in [0.2, 0.25) is 0 Å². The Morgan fingerprint density at radius 2 is 0.781 bits per heavy atom. The Balaban J connectivity index is 0. The second-order valence-electron chi connectivity index (χ2n) is 10.1. The molecule has 0 saturated carbocycles. The molecule has 0 fully saturated rings. The standard InChI is InChI=1S/C26H55O4P.Zn/c1-25(2)21-17-13-9-5-7-11-15-19-23-29-31(27,28)30-24-20-16-12-8-6-10-14-18-22-26(3)4;/h25-26H,5-24H2,1-4H3,(H,27,28);/p-1. The number of rotatable bonds is 24. The van der Waals surface area contributed by atoms with Gasteiger partial charge in [0.25, 0.3) is 7.82 Å². The molecule has 0 aliphatic carbocycles. The number of phosphoric acid groups is 1. The van der Waals surface area contributed by atoms with Crippen molar-refractivity contribution in [3.63, 3.8) is 0 Å². The van der Waals surface area contributed by atoms with E-state index >= 15 is 0 Å². The Kier molecular flexibility index (Phi) is 27.1. The van der Waals surface area contributed by atoms with Crippen molar-refractivity contribution >= 4 is 7.82 Å². The van der Waals surface area contributed by atoms with E-state index < -0.39 is 7.82 Å². The second kappa shape index (κ2) is 24.8. The van der Waals surface area contributed by atoms with Crippen LogP contribution in [0.5, 0.6) is 0 Å². The van der Waals surface area contributed by atoms with Crippen molar-refractivity contribution in [2.24, 2.45) is 11.8 Å². The van der Waals surface area contributed by atoms with E-state index in [0.717, 1.165) is 50.4 Å². The number of unbranched alkanes of at least 4 members (excludes halogenated alkanes) is 14. The first-order chi connectivity index (χ1) is 14.8. The largest absolute Gasteiger partial charge is 0.756 e. The first kappa shape index (κ1) is 34.9. The van der Waals surface area contributed by atoms with Gasteiger partial charge in [-0.25, -0.2) is 0 Å². The smallest absolute Gasteiger partial charge is 0.267 e. The summed E-state index contributed by atoms with van der Waals surface area (Å²) in [7, 11) is -4.11. The summed E-state index contributed by atoms with van der Waals surface area (Å²) in [6, 6.07) is 0. The Labute approximate surface area is 213 Å². The summed E-state index contributed by atoms with van der Waals surface area (Å²) in [5, 5.41) is 0. The zero-order chi connectivity index (χ0) is 23.2. The summed E-state index contributed by atoms with van der Waals surface area (Å²) >= 11 is 0. The molecule has 0 heterocycles. The molecule has 0 spiro atoms. The average Bonchev–Trinajstić information content (AvgIpc) is 2.69. The molecule has 0 aromatic heterocycles. The summed E-state index contributed by atoms with van der Waals surface area (Å²) in [5.41, 5.74) is 0. The molecule has 0 saturated heterocycles. The van der Waals surface area contributed by atoms with Crippen LogP contribution >= 0.6 is 7.82 Å². The second-order valence-corrected chi connectivity index (χ2v) is 11.5. The quantitative estimate of drug-likeness (QED) is 0.0716. The molecule has 0 N–H and O–H groups in total. The van der Waals surface area contributed by atoms with Crippen LogP contribution in [0.4, 0.5) is 0 Å². The third-order valence-electron chi connectivity index (χ3n) is 5.85. The van der Waals surface area contributed by atoms with E-state index in [-0.39, 0.29) is 32.7 Å². The van der Waals surface area contributed by atoms with Gasteiger partial charge >= 0.3 is 0 Å². The summed E-state index contributed by atoms with van der Waals surface area (Å²) in [5.74, 6) is 1.64. The van der Waals surface area contributed by atoms with Gasteiger partial charge in [0.15, 0.2) is 0 Å². The molecule has 0 unspecified atom stereocenters. The number of hydrogen-bond acceptors (Lipinski definition) is 4. The monoisotopic (exact) mass is 525 g/mol. The molecular formula is C26H54O4PZn-. The molecule has 0 atom stereocenters. The van der Waals surface area contributed by atoms with E-state index in [4.69, 9.17) is 9.05 Å². The van der Waals surface area contributed by atoms with Crippen molar-refractivity contribution < 1.29 is 38.0 Å². The van der Waals surface area contributed by atoms with E-state index in [1.807, 2.05) is 0 Å².